The highest BCUT2D eigenvalue weighted by Crippen LogP contribution is 2.45. The first-order valence-corrected chi connectivity index (χ1v) is 6.48. The Bertz CT molecular complexity index is 493. The van der Waals surface area contributed by atoms with Crippen molar-refractivity contribution in [2.75, 3.05) is 25.6 Å². The van der Waals surface area contributed by atoms with Crippen LogP contribution in [0.25, 0.3) is 0 Å². The lowest BCUT2D eigenvalue weighted by Gasteiger charge is -2.10. The third-order valence-electron chi connectivity index (χ3n) is 3.30. The Morgan fingerprint density at radius 2 is 2.25 bits per heavy atom. The fourth-order valence-electron chi connectivity index (χ4n) is 1.73. The second-order valence-corrected chi connectivity index (χ2v) is 5.24. The van der Waals surface area contributed by atoms with Crippen LogP contribution in [0.1, 0.15) is 12.8 Å². The minimum absolute atomic E-state index is 0. The molecule has 0 bridgehead atoms. The van der Waals surface area contributed by atoms with Crippen LogP contribution in [0.3, 0.4) is 0 Å². The molecule has 1 saturated carbocycles. The topological polar surface area (TPSA) is 79.9 Å². The highest BCUT2D eigenvalue weighted by atomic mass is 127. The summed E-state index contributed by atoms with van der Waals surface area (Å²) in [4.78, 5) is 4.25. The average molecular weight is 412 g/mol. The number of nitrogens with two attached hydrogens (primary N) is 1. The Morgan fingerprint density at radius 1 is 1.55 bits per heavy atom. The van der Waals surface area contributed by atoms with Crippen LogP contribution in [0, 0.1) is 5.41 Å². The van der Waals surface area contributed by atoms with Crippen LogP contribution in [0.4, 0.5) is 5.69 Å². The normalized spacial score (nSPS) is 16.2. The first-order valence-electron chi connectivity index (χ1n) is 6.10. The maximum absolute atomic E-state index is 9.19. The lowest BCUT2D eigenvalue weighted by atomic mass is 10.1. The standard InChI is InChI=1S/C13H18ClN3O2.HI/c1-19-11-3-2-9(6-10(11)14)17-12(15)16-7-13(8-18)4-5-13;/h2-3,6,18H,4-5,7-8H2,1H3,(H3,15,16,17);1H. The lowest BCUT2D eigenvalue weighted by molar-refractivity contribution is 0.217. The van der Waals surface area contributed by atoms with Crippen molar-refractivity contribution in [1.29, 1.82) is 0 Å². The summed E-state index contributed by atoms with van der Waals surface area (Å²) in [5.74, 6) is 0.931. The van der Waals surface area contributed by atoms with Crippen molar-refractivity contribution in [2.45, 2.75) is 12.8 Å². The Balaban J connectivity index is 0.00000200. The van der Waals surface area contributed by atoms with Gasteiger partial charge in [-0.1, -0.05) is 11.6 Å². The first-order chi connectivity index (χ1) is 9.08. The Morgan fingerprint density at radius 3 is 2.75 bits per heavy atom. The van der Waals surface area contributed by atoms with E-state index in [2.05, 4.69) is 10.3 Å². The van der Waals surface area contributed by atoms with Crippen LogP contribution in [-0.2, 0) is 0 Å². The van der Waals surface area contributed by atoms with Crippen LogP contribution in [0.2, 0.25) is 5.02 Å². The number of halogens is 2. The van der Waals surface area contributed by atoms with Gasteiger partial charge in [0.2, 0.25) is 0 Å². The van der Waals surface area contributed by atoms with Crippen LogP contribution in [0.15, 0.2) is 23.2 Å². The molecular formula is C13H19ClIN3O2. The predicted molar refractivity (Wildman–Crippen MR) is 92.3 cm³/mol. The minimum atomic E-state index is -0.0378. The average Bonchev–Trinajstić information content (AvgIpc) is 3.17. The van der Waals surface area contributed by atoms with E-state index >= 15 is 0 Å². The van der Waals surface area contributed by atoms with E-state index in [0.29, 0.717) is 23.3 Å². The third kappa shape index (κ3) is 4.39. The smallest absolute Gasteiger partial charge is 0.193 e. The van der Waals surface area contributed by atoms with E-state index in [1.807, 2.05) is 6.07 Å². The highest BCUT2D eigenvalue weighted by molar-refractivity contribution is 14.0. The van der Waals surface area contributed by atoms with Gasteiger partial charge in [0.25, 0.3) is 0 Å². The van der Waals surface area contributed by atoms with Crippen molar-refractivity contribution in [1.82, 2.24) is 0 Å². The molecule has 4 N–H and O–H groups in total. The number of aliphatic hydroxyl groups is 1. The number of methoxy groups -OCH3 is 1. The van der Waals surface area contributed by atoms with Crippen LogP contribution >= 0.6 is 35.6 Å². The molecule has 1 aromatic carbocycles. The number of hydrogen-bond donors (Lipinski definition) is 3. The lowest BCUT2D eigenvalue weighted by Crippen LogP contribution is -2.24. The fourth-order valence-corrected chi connectivity index (χ4v) is 1.99. The summed E-state index contributed by atoms with van der Waals surface area (Å²) in [6.07, 6.45) is 2.02. The molecule has 0 spiro atoms. The molecule has 1 fully saturated rings. The van der Waals surface area contributed by atoms with E-state index in [1.54, 1.807) is 19.2 Å². The molecule has 0 aromatic heterocycles. The Hall–Kier alpha value is -0.730. The van der Waals surface area contributed by atoms with Crippen LogP contribution < -0.4 is 15.8 Å². The molecule has 0 unspecified atom stereocenters. The van der Waals surface area contributed by atoms with Gasteiger partial charge in [-0.25, -0.2) is 0 Å². The summed E-state index contributed by atoms with van der Waals surface area (Å²) in [6.45, 7) is 0.713. The number of hydrogen-bond acceptors (Lipinski definition) is 3. The molecule has 5 nitrogen and oxygen atoms in total. The van der Waals surface area contributed by atoms with Gasteiger partial charge in [0.15, 0.2) is 5.96 Å². The van der Waals surface area contributed by atoms with Gasteiger partial charge in [-0.3, -0.25) is 4.99 Å². The van der Waals surface area contributed by atoms with Gasteiger partial charge >= 0.3 is 0 Å². The van der Waals surface area contributed by atoms with Crippen LogP contribution in [-0.4, -0.2) is 31.3 Å². The fraction of sp³-hybridized carbons (Fsp3) is 0.462. The molecule has 2 rings (SSSR count). The molecule has 0 heterocycles. The summed E-state index contributed by atoms with van der Waals surface area (Å²) in [5, 5.41) is 12.7. The molecule has 0 atom stereocenters. The van der Waals surface area contributed by atoms with Crippen molar-refractivity contribution in [2.24, 2.45) is 16.1 Å². The van der Waals surface area contributed by atoms with Crippen LogP contribution in [0.5, 0.6) is 5.75 Å². The second-order valence-electron chi connectivity index (χ2n) is 4.83. The molecule has 20 heavy (non-hydrogen) atoms. The largest absolute Gasteiger partial charge is 0.495 e. The van der Waals surface area contributed by atoms with Gasteiger partial charge in [0.1, 0.15) is 5.75 Å². The number of rotatable bonds is 5. The summed E-state index contributed by atoms with van der Waals surface area (Å²) in [6, 6.07) is 5.29. The molecule has 1 aromatic rings. The number of anilines is 1. The highest BCUT2D eigenvalue weighted by Gasteiger charge is 2.41. The van der Waals surface area contributed by atoms with E-state index in [9.17, 15) is 5.11 Å². The van der Waals surface area contributed by atoms with E-state index in [-0.39, 0.29) is 36.0 Å². The summed E-state index contributed by atoms with van der Waals surface area (Å²) in [7, 11) is 1.56. The minimum Gasteiger partial charge on any atom is -0.495 e. The maximum atomic E-state index is 9.19. The number of nitrogens with one attached hydrogen (secondary N) is 1. The first kappa shape index (κ1) is 17.3. The zero-order valence-electron chi connectivity index (χ0n) is 11.2. The molecule has 7 heteroatoms. The van der Waals surface area contributed by atoms with Gasteiger partial charge in [-0.15, -0.1) is 24.0 Å². The molecule has 1 aliphatic rings. The molecule has 0 amide bonds. The Labute approximate surface area is 140 Å². The number of guanidine groups is 1. The SMILES string of the molecule is COc1ccc(NC(N)=NCC2(CO)CC2)cc1Cl.I. The number of nitrogens with zero attached hydrogens (tertiary/aromatic N) is 1. The molecule has 0 aliphatic heterocycles. The van der Waals surface area contributed by atoms with Gasteiger partial charge < -0.3 is 20.9 Å². The third-order valence-corrected chi connectivity index (χ3v) is 3.60. The van der Waals surface area contributed by atoms with Crippen molar-refractivity contribution < 1.29 is 9.84 Å². The van der Waals surface area contributed by atoms with E-state index in [0.717, 1.165) is 18.5 Å². The number of benzene rings is 1. The van der Waals surface area contributed by atoms with E-state index < -0.39 is 0 Å². The molecular weight excluding hydrogens is 393 g/mol. The zero-order valence-corrected chi connectivity index (χ0v) is 14.3. The molecule has 0 saturated heterocycles. The summed E-state index contributed by atoms with van der Waals surface area (Å²) >= 11 is 6.02. The van der Waals surface area contributed by atoms with Crippen molar-refractivity contribution in [3.8, 4) is 5.75 Å². The molecule has 0 radical (unpaired) electrons. The summed E-state index contributed by atoms with van der Waals surface area (Å²) in [5.41, 5.74) is 6.51. The zero-order chi connectivity index (χ0) is 13.9. The van der Waals surface area contributed by atoms with Crippen molar-refractivity contribution in [3.05, 3.63) is 23.2 Å². The summed E-state index contributed by atoms with van der Waals surface area (Å²) < 4.78 is 5.07. The van der Waals surface area contributed by atoms with Gasteiger partial charge in [0, 0.05) is 11.1 Å². The number of ether oxygens (including phenoxy) is 1. The van der Waals surface area contributed by atoms with E-state index in [1.165, 1.54) is 0 Å². The Kier molecular flexibility index (Phi) is 6.35. The second kappa shape index (κ2) is 7.33. The maximum Gasteiger partial charge on any atom is 0.193 e. The monoisotopic (exact) mass is 411 g/mol. The van der Waals surface area contributed by atoms with Gasteiger partial charge in [-0.05, 0) is 31.0 Å². The van der Waals surface area contributed by atoms with Gasteiger partial charge in [-0.2, -0.15) is 0 Å². The quantitative estimate of drug-likeness (QED) is 0.395. The molecule has 1 aliphatic carbocycles. The van der Waals surface area contributed by atoms with Crippen molar-refractivity contribution in [3.63, 3.8) is 0 Å². The number of aliphatic imine (C=N–C) groups is 1. The molecule has 112 valence electrons. The number of aliphatic hydroxyl groups excluding tert-OH is 1. The van der Waals surface area contributed by atoms with Crippen molar-refractivity contribution >= 4 is 47.2 Å². The predicted octanol–water partition coefficient (Wildman–Crippen LogP) is 2.47. The van der Waals surface area contributed by atoms with Gasteiger partial charge in [0.05, 0.1) is 25.3 Å². The van der Waals surface area contributed by atoms with E-state index in [4.69, 9.17) is 22.1 Å².